The first-order valence-electron chi connectivity index (χ1n) is 4.70. The Morgan fingerprint density at radius 2 is 2.24 bits per heavy atom. The monoisotopic (exact) mass is 341 g/mol. The molecule has 1 aromatic rings. The molecule has 0 bridgehead atoms. The number of thiophene rings is 1. The van der Waals surface area contributed by atoms with Gasteiger partial charge in [0, 0.05) is 13.6 Å². The molecule has 5 nitrogen and oxygen atoms in total. The van der Waals surface area contributed by atoms with E-state index >= 15 is 0 Å². The second-order valence-electron chi connectivity index (χ2n) is 3.47. The van der Waals surface area contributed by atoms with Crippen molar-refractivity contribution < 1.29 is 18.3 Å². The molecule has 1 heterocycles. The lowest BCUT2D eigenvalue weighted by atomic mass is 10.3. The van der Waals surface area contributed by atoms with E-state index in [4.69, 9.17) is 5.11 Å². The van der Waals surface area contributed by atoms with Crippen LogP contribution in [0.4, 0.5) is 0 Å². The zero-order valence-electron chi connectivity index (χ0n) is 9.09. The summed E-state index contributed by atoms with van der Waals surface area (Å²) in [6, 6.07) is 1.84. The van der Waals surface area contributed by atoms with Crippen molar-refractivity contribution in [3.63, 3.8) is 0 Å². The van der Waals surface area contributed by atoms with Crippen LogP contribution in [-0.2, 0) is 21.4 Å². The maximum absolute atomic E-state index is 11.7. The van der Waals surface area contributed by atoms with Crippen LogP contribution in [0.2, 0.25) is 0 Å². The smallest absolute Gasteiger partial charge is 0.304 e. The molecule has 17 heavy (non-hydrogen) atoms. The number of carbonyl (C=O) groups is 1. The van der Waals surface area contributed by atoms with E-state index in [0.717, 1.165) is 9.35 Å². The third kappa shape index (κ3) is 4.74. The molecular weight excluding hydrogens is 330 g/mol. The van der Waals surface area contributed by atoms with Gasteiger partial charge in [-0.2, -0.15) is 0 Å². The molecule has 0 saturated heterocycles. The Morgan fingerprint density at radius 1 is 1.59 bits per heavy atom. The van der Waals surface area contributed by atoms with Gasteiger partial charge in [-0.3, -0.25) is 4.79 Å². The molecule has 0 saturated carbocycles. The second-order valence-corrected chi connectivity index (χ2v) is 7.96. The van der Waals surface area contributed by atoms with Crippen LogP contribution in [0, 0.1) is 0 Å². The summed E-state index contributed by atoms with van der Waals surface area (Å²) in [5.74, 6) is -1.48. The Bertz CT molecular complexity index is 497. The summed E-state index contributed by atoms with van der Waals surface area (Å²) in [4.78, 5) is 10.3. The first kappa shape index (κ1) is 14.6. The van der Waals surface area contributed by atoms with Gasteiger partial charge in [-0.25, -0.2) is 12.7 Å². The second kappa shape index (κ2) is 5.94. The Labute approximate surface area is 112 Å². The fraction of sp³-hybridized carbons (Fsp3) is 0.444. The summed E-state index contributed by atoms with van der Waals surface area (Å²) in [5, 5.41) is 10.3. The summed E-state index contributed by atoms with van der Waals surface area (Å²) in [7, 11) is -2.06. The Hall–Kier alpha value is -0.440. The molecule has 0 aliphatic carbocycles. The average molecular weight is 342 g/mol. The summed E-state index contributed by atoms with van der Waals surface area (Å²) < 4.78 is 25.5. The number of carboxylic acids is 1. The standard InChI is InChI=1S/C9H12BrNO4S2/c1-11(5-7-4-8(10)16-6-7)17(14,15)3-2-9(12)13/h4,6H,2-3,5H2,1H3,(H,12,13). The quantitative estimate of drug-likeness (QED) is 0.855. The normalized spacial score (nSPS) is 11.9. The highest BCUT2D eigenvalue weighted by Crippen LogP contribution is 2.22. The van der Waals surface area contributed by atoms with Crippen molar-refractivity contribution in [3.8, 4) is 0 Å². The van der Waals surface area contributed by atoms with Gasteiger partial charge in [0.25, 0.3) is 0 Å². The highest BCUT2D eigenvalue weighted by molar-refractivity contribution is 9.11. The van der Waals surface area contributed by atoms with Crippen molar-refractivity contribution in [3.05, 3.63) is 20.8 Å². The maximum Gasteiger partial charge on any atom is 0.304 e. The van der Waals surface area contributed by atoms with Gasteiger partial charge in [0.15, 0.2) is 0 Å². The number of hydrogen-bond donors (Lipinski definition) is 1. The molecule has 0 fully saturated rings. The lowest BCUT2D eigenvalue weighted by Crippen LogP contribution is -2.29. The molecule has 1 N–H and O–H groups in total. The van der Waals surface area contributed by atoms with Crippen LogP contribution >= 0.6 is 27.3 Å². The Morgan fingerprint density at radius 3 is 2.71 bits per heavy atom. The van der Waals surface area contributed by atoms with Crippen molar-refractivity contribution >= 4 is 43.3 Å². The lowest BCUT2D eigenvalue weighted by Gasteiger charge is -2.15. The van der Waals surface area contributed by atoms with E-state index in [1.807, 2.05) is 11.4 Å². The summed E-state index contributed by atoms with van der Waals surface area (Å²) in [5.41, 5.74) is 0.878. The molecule has 96 valence electrons. The van der Waals surface area contributed by atoms with Gasteiger partial charge in [0.2, 0.25) is 10.0 Å². The van der Waals surface area contributed by atoms with Crippen molar-refractivity contribution in [1.29, 1.82) is 0 Å². The fourth-order valence-electron chi connectivity index (χ4n) is 1.16. The molecule has 0 aromatic carbocycles. The van der Waals surface area contributed by atoms with Crippen LogP contribution in [0.15, 0.2) is 15.2 Å². The Balaban J connectivity index is 2.62. The predicted octanol–water partition coefficient (Wildman–Crippen LogP) is 1.75. The third-order valence-electron chi connectivity index (χ3n) is 2.08. The first-order valence-corrected chi connectivity index (χ1v) is 7.98. The van der Waals surface area contributed by atoms with Gasteiger partial charge < -0.3 is 5.11 Å². The summed E-state index contributed by atoms with van der Waals surface area (Å²) >= 11 is 4.77. The van der Waals surface area contributed by atoms with Gasteiger partial charge in [0.1, 0.15) is 0 Å². The predicted molar refractivity (Wildman–Crippen MR) is 69.5 cm³/mol. The number of hydrogen-bond acceptors (Lipinski definition) is 4. The highest BCUT2D eigenvalue weighted by atomic mass is 79.9. The van der Waals surface area contributed by atoms with Crippen LogP contribution in [0.5, 0.6) is 0 Å². The molecule has 1 rings (SSSR count). The number of halogens is 1. The molecule has 0 radical (unpaired) electrons. The molecular formula is C9H12BrNO4S2. The number of aliphatic carboxylic acids is 1. The maximum atomic E-state index is 11.7. The number of sulfonamides is 1. The minimum Gasteiger partial charge on any atom is -0.481 e. The van der Waals surface area contributed by atoms with E-state index in [9.17, 15) is 13.2 Å². The largest absolute Gasteiger partial charge is 0.481 e. The van der Waals surface area contributed by atoms with Crippen LogP contribution in [0.1, 0.15) is 12.0 Å². The summed E-state index contributed by atoms with van der Waals surface area (Å²) in [6.45, 7) is 0.254. The molecule has 0 unspecified atom stereocenters. The van der Waals surface area contributed by atoms with E-state index in [2.05, 4.69) is 15.9 Å². The van der Waals surface area contributed by atoms with Gasteiger partial charge in [0.05, 0.1) is 16.0 Å². The van der Waals surface area contributed by atoms with E-state index in [-0.39, 0.29) is 18.7 Å². The number of rotatable bonds is 6. The molecule has 0 aliphatic rings. The Kier molecular flexibility index (Phi) is 5.11. The van der Waals surface area contributed by atoms with Crippen LogP contribution in [-0.4, -0.2) is 36.6 Å². The zero-order chi connectivity index (χ0) is 13.1. The van der Waals surface area contributed by atoms with E-state index < -0.39 is 16.0 Å². The average Bonchev–Trinajstić information content (AvgIpc) is 2.61. The summed E-state index contributed by atoms with van der Waals surface area (Å²) in [6.07, 6.45) is -0.375. The number of carboxylic acid groups (broad SMARTS) is 1. The molecule has 0 atom stereocenters. The molecule has 0 aliphatic heterocycles. The van der Waals surface area contributed by atoms with Crippen LogP contribution in [0.3, 0.4) is 0 Å². The molecule has 8 heteroatoms. The van der Waals surface area contributed by atoms with Crippen molar-refractivity contribution in [2.45, 2.75) is 13.0 Å². The van der Waals surface area contributed by atoms with E-state index in [1.165, 1.54) is 22.7 Å². The third-order valence-corrected chi connectivity index (χ3v) is 5.43. The van der Waals surface area contributed by atoms with E-state index in [0.29, 0.717) is 0 Å². The van der Waals surface area contributed by atoms with Crippen LogP contribution < -0.4 is 0 Å². The lowest BCUT2D eigenvalue weighted by molar-refractivity contribution is -0.136. The van der Waals surface area contributed by atoms with Crippen molar-refractivity contribution in [2.24, 2.45) is 0 Å². The SMILES string of the molecule is CN(Cc1csc(Br)c1)S(=O)(=O)CCC(=O)O. The minimum atomic E-state index is -3.50. The topological polar surface area (TPSA) is 74.7 Å². The highest BCUT2D eigenvalue weighted by Gasteiger charge is 2.19. The molecule has 0 amide bonds. The van der Waals surface area contributed by atoms with Gasteiger partial charge in [-0.05, 0) is 32.9 Å². The molecule has 0 spiro atoms. The minimum absolute atomic E-state index is 0.254. The number of nitrogens with zero attached hydrogens (tertiary/aromatic N) is 1. The molecule has 1 aromatic heterocycles. The van der Waals surface area contributed by atoms with Gasteiger partial charge >= 0.3 is 5.97 Å². The van der Waals surface area contributed by atoms with E-state index in [1.54, 1.807) is 0 Å². The zero-order valence-corrected chi connectivity index (χ0v) is 12.3. The van der Waals surface area contributed by atoms with Crippen molar-refractivity contribution in [2.75, 3.05) is 12.8 Å². The first-order chi connectivity index (χ1) is 7.81. The van der Waals surface area contributed by atoms with Gasteiger partial charge in [-0.1, -0.05) is 0 Å². The van der Waals surface area contributed by atoms with Crippen molar-refractivity contribution in [1.82, 2.24) is 4.31 Å². The van der Waals surface area contributed by atoms with Gasteiger partial charge in [-0.15, -0.1) is 11.3 Å². The fourth-order valence-corrected chi connectivity index (χ4v) is 3.45. The van der Waals surface area contributed by atoms with Crippen LogP contribution in [0.25, 0.3) is 0 Å².